The second kappa shape index (κ2) is 8.12. The Hall–Kier alpha value is -2.40. The van der Waals surface area contributed by atoms with Gasteiger partial charge in [0, 0.05) is 25.4 Å². The molecule has 25 heavy (non-hydrogen) atoms. The highest BCUT2D eigenvalue weighted by Gasteiger charge is 2.27. The van der Waals surface area contributed by atoms with Gasteiger partial charge >= 0.3 is 0 Å². The number of carbonyl (C=O) groups excluding carboxylic acids is 1. The van der Waals surface area contributed by atoms with Crippen LogP contribution in [0.2, 0.25) is 0 Å². The number of hydrogen-bond donors (Lipinski definition) is 1. The summed E-state index contributed by atoms with van der Waals surface area (Å²) in [6, 6.07) is 14.9. The lowest BCUT2D eigenvalue weighted by Gasteiger charge is -2.34. The van der Waals surface area contributed by atoms with Crippen molar-refractivity contribution in [3.8, 4) is 0 Å². The van der Waals surface area contributed by atoms with Crippen molar-refractivity contribution in [2.24, 2.45) is 5.92 Å². The number of rotatable bonds is 5. The standard InChI is InChI=1S/C20H24N2O3/c23-18(14-16-6-2-1-3-7-16)17-9-12-21(13-10-17)20(25)15-22-11-5-4-8-19(22)24/h1-8,11,17-18,23H,9-10,12-15H2. The molecular formula is C20H24N2O3. The van der Waals surface area contributed by atoms with Gasteiger partial charge in [-0.15, -0.1) is 0 Å². The zero-order chi connectivity index (χ0) is 17.6. The van der Waals surface area contributed by atoms with E-state index in [1.807, 2.05) is 30.3 Å². The highest BCUT2D eigenvalue weighted by atomic mass is 16.3. The summed E-state index contributed by atoms with van der Waals surface area (Å²) < 4.78 is 1.43. The van der Waals surface area contributed by atoms with E-state index in [9.17, 15) is 14.7 Å². The van der Waals surface area contributed by atoms with Gasteiger partial charge in [-0.2, -0.15) is 0 Å². The monoisotopic (exact) mass is 340 g/mol. The molecule has 1 N–H and O–H groups in total. The Morgan fingerprint density at radius 2 is 1.76 bits per heavy atom. The summed E-state index contributed by atoms with van der Waals surface area (Å²) in [4.78, 5) is 25.9. The molecule has 0 saturated carbocycles. The molecule has 5 heteroatoms. The fourth-order valence-electron chi connectivity index (χ4n) is 3.39. The Morgan fingerprint density at radius 1 is 1.08 bits per heavy atom. The lowest BCUT2D eigenvalue weighted by atomic mass is 9.88. The van der Waals surface area contributed by atoms with Crippen LogP contribution >= 0.6 is 0 Å². The van der Waals surface area contributed by atoms with Crippen molar-refractivity contribution in [1.29, 1.82) is 0 Å². The maximum absolute atomic E-state index is 12.4. The first kappa shape index (κ1) is 17.4. The number of carbonyl (C=O) groups is 1. The van der Waals surface area contributed by atoms with Crippen LogP contribution < -0.4 is 5.56 Å². The van der Waals surface area contributed by atoms with E-state index >= 15 is 0 Å². The molecule has 0 bridgehead atoms. The van der Waals surface area contributed by atoms with E-state index in [4.69, 9.17) is 0 Å². The first-order chi connectivity index (χ1) is 12.1. The number of benzene rings is 1. The molecule has 1 saturated heterocycles. The van der Waals surface area contributed by atoms with Gasteiger partial charge in [-0.3, -0.25) is 9.59 Å². The van der Waals surface area contributed by atoms with Gasteiger partial charge in [0.15, 0.2) is 0 Å². The number of aliphatic hydroxyl groups is 1. The Bertz CT molecular complexity index is 749. The van der Waals surface area contributed by atoms with E-state index in [0.29, 0.717) is 19.5 Å². The van der Waals surface area contributed by atoms with Gasteiger partial charge in [0.25, 0.3) is 5.56 Å². The van der Waals surface area contributed by atoms with Gasteiger partial charge in [0.1, 0.15) is 6.54 Å². The summed E-state index contributed by atoms with van der Waals surface area (Å²) in [5.41, 5.74) is 0.973. The van der Waals surface area contributed by atoms with Crippen LogP contribution in [-0.4, -0.2) is 39.7 Å². The van der Waals surface area contributed by atoms with E-state index in [1.54, 1.807) is 23.2 Å². The lowest BCUT2D eigenvalue weighted by molar-refractivity contribution is -0.133. The lowest BCUT2D eigenvalue weighted by Crippen LogP contribution is -2.43. The van der Waals surface area contributed by atoms with Crippen molar-refractivity contribution >= 4 is 5.91 Å². The fraction of sp³-hybridized carbons (Fsp3) is 0.400. The molecule has 1 aromatic carbocycles. The zero-order valence-corrected chi connectivity index (χ0v) is 14.3. The maximum Gasteiger partial charge on any atom is 0.250 e. The normalized spacial score (nSPS) is 16.6. The highest BCUT2D eigenvalue weighted by molar-refractivity contribution is 5.76. The van der Waals surface area contributed by atoms with Crippen molar-refractivity contribution in [3.63, 3.8) is 0 Å². The first-order valence-electron chi connectivity index (χ1n) is 8.79. The third-order valence-corrected chi connectivity index (χ3v) is 4.93. The van der Waals surface area contributed by atoms with Crippen LogP contribution in [0, 0.1) is 5.92 Å². The summed E-state index contributed by atoms with van der Waals surface area (Å²) in [5, 5.41) is 10.5. The molecular weight excluding hydrogens is 316 g/mol. The predicted octanol–water partition coefficient (Wildman–Crippen LogP) is 1.69. The van der Waals surface area contributed by atoms with Gasteiger partial charge in [0.2, 0.25) is 5.91 Å². The summed E-state index contributed by atoms with van der Waals surface area (Å²) >= 11 is 0. The third-order valence-electron chi connectivity index (χ3n) is 4.93. The maximum atomic E-state index is 12.4. The number of amides is 1. The fourth-order valence-corrected chi connectivity index (χ4v) is 3.39. The number of likely N-dealkylation sites (tertiary alicyclic amines) is 1. The molecule has 1 fully saturated rings. The molecule has 1 atom stereocenters. The van der Waals surface area contributed by atoms with Gasteiger partial charge in [-0.05, 0) is 36.8 Å². The quantitative estimate of drug-likeness (QED) is 0.901. The molecule has 1 amide bonds. The number of piperidine rings is 1. The molecule has 2 aromatic rings. The minimum Gasteiger partial charge on any atom is -0.392 e. The van der Waals surface area contributed by atoms with E-state index in [-0.39, 0.29) is 30.0 Å². The molecule has 1 aliphatic rings. The van der Waals surface area contributed by atoms with Crippen LogP contribution in [0.25, 0.3) is 0 Å². The summed E-state index contributed by atoms with van der Waals surface area (Å²) in [5.74, 6) is 0.174. The first-order valence-corrected chi connectivity index (χ1v) is 8.79. The van der Waals surface area contributed by atoms with Crippen LogP contribution in [0.1, 0.15) is 18.4 Å². The van der Waals surface area contributed by atoms with Gasteiger partial charge in [-0.25, -0.2) is 0 Å². The summed E-state index contributed by atoms with van der Waals surface area (Å²) in [7, 11) is 0. The van der Waals surface area contributed by atoms with E-state index in [2.05, 4.69) is 0 Å². The van der Waals surface area contributed by atoms with Crippen molar-refractivity contribution < 1.29 is 9.90 Å². The Balaban J connectivity index is 1.50. The molecule has 1 aliphatic heterocycles. The Morgan fingerprint density at radius 3 is 2.44 bits per heavy atom. The second-order valence-corrected chi connectivity index (χ2v) is 6.64. The van der Waals surface area contributed by atoms with Crippen molar-refractivity contribution in [2.75, 3.05) is 13.1 Å². The highest BCUT2D eigenvalue weighted by Crippen LogP contribution is 2.23. The van der Waals surface area contributed by atoms with Gasteiger partial charge in [-0.1, -0.05) is 36.4 Å². The van der Waals surface area contributed by atoms with Crippen LogP contribution in [0.3, 0.4) is 0 Å². The number of pyridine rings is 1. The number of hydrogen-bond acceptors (Lipinski definition) is 3. The average molecular weight is 340 g/mol. The van der Waals surface area contributed by atoms with Crippen LogP contribution in [-0.2, 0) is 17.8 Å². The smallest absolute Gasteiger partial charge is 0.250 e. The molecule has 0 radical (unpaired) electrons. The third kappa shape index (κ3) is 4.57. The van der Waals surface area contributed by atoms with Crippen molar-refractivity contribution in [2.45, 2.75) is 31.9 Å². The van der Waals surface area contributed by atoms with Crippen LogP contribution in [0.15, 0.2) is 59.5 Å². The Kier molecular flexibility index (Phi) is 5.66. The average Bonchev–Trinajstić information content (AvgIpc) is 2.64. The molecule has 2 heterocycles. The molecule has 0 aliphatic carbocycles. The minimum atomic E-state index is -0.378. The minimum absolute atomic E-state index is 0.0377. The predicted molar refractivity (Wildman–Crippen MR) is 96.2 cm³/mol. The van der Waals surface area contributed by atoms with E-state index in [1.165, 1.54) is 10.6 Å². The molecule has 0 spiro atoms. The molecule has 3 rings (SSSR count). The topological polar surface area (TPSA) is 62.5 Å². The van der Waals surface area contributed by atoms with Crippen LogP contribution in [0.4, 0.5) is 0 Å². The SMILES string of the molecule is O=C(Cn1ccccc1=O)N1CCC(C(O)Cc2ccccc2)CC1. The second-order valence-electron chi connectivity index (χ2n) is 6.64. The van der Waals surface area contributed by atoms with Gasteiger partial charge in [0.05, 0.1) is 6.10 Å². The van der Waals surface area contributed by atoms with E-state index < -0.39 is 0 Å². The van der Waals surface area contributed by atoms with Crippen LogP contribution in [0.5, 0.6) is 0 Å². The molecule has 132 valence electrons. The van der Waals surface area contributed by atoms with Crippen molar-refractivity contribution in [1.82, 2.24) is 9.47 Å². The number of nitrogens with zero attached hydrogens (tertiary/aromatic N) is 2. The van der Waals surface area contributed by atoms with Crippen molar-refractivity contribution in [3.05, 3.63) is 70.6 Å². The number of aromatic nitrogens is 1. The molecule has 5 nitrogen and oxygen atoms in total. The molecule has 1 aromatic heterocycles. The number of aliphatic hydroxyl groups excluding tert-OH is 1. The summed E-state index contributed by atoms with van der Waals surface area (Å²) in [6.07, 6.45) is 3.50. The molecule has 1 unspecified atom stereocenters. The largest absolute Gasteiger partial charge is 0.392 e. The zero-order valence-electron chi connectivity index (χ0n) is 14.3. The van der Waals surface area contributed by atoms with Gasteiger partial charge < -0.3 is 14.6 Å². The Labute approximate surface area is 147 Å². The van der Waals surface area contributed by atoms with E-state index in [0.717, 1.165) is 18.4 Å². The summed E-state index contributed by atoms with van der Waals surface area (Å²) in [6.45, 7) is 1.35.